The predicted octanol–water partition coefficient (Wildman–Crippen LogP) is 3.18. The number of morpholine rings is 1. The van der Waals surface area contributed by atoms with Crippen molar-refractivity contribution in [2.24, 2.45) is 0 Å². The minimum atomic E-state index is -0.143. The summed E-state index contributed by atoms with van der Waals surface area (Å²) in [5, 5.41) is 0.824. The van der Waals surface area contributed by atoms with Crippen LogP contribution in [0.15, 0.2) is 22.7 Å². The fourth-order valence-electron chi connectivity index (χ4n) is 1.92. The first-order valence-electron chi connectivity index (χ1n) is 5.53. The van der Waals surface area contributed by atoms with Crippen LogP contribution in [0.1, 0.15) is 5.56 Å². The Morgan fingerprint density at radius 1 is 1.47 bits per heavy atom. The molecular formula is C12H14Br2FNO. The molecule has 0 spiro atoms. The Labute approximate surface area is 117 Å². The second-order valence-corrected chi connectivity index (χ2v) is 5.68. The van der Waals surface area contributed by atoms with Gasteiger partial charge in [0.05, 0.1) is 12.7 Å². The molecule has 1 heterocycles. The molecular weight excluding hydrogens is 353 g/mol. The Morgan fingerprint density at radius 2 is 2.29 bits per heavy atom. The van der Waals surface area contributed by atoms with Gasteiger partial charge in [0, 0.05) is 35.0 Å². The van der Waals surface area contributed by atoms with Crippen molar-refractivity contribution in [1.29, 1.82) is 0 Å². The van der Waals surface area contributed by atoms with Crippen LogP contribution in [0.2, 0.25) is 0 Å². The van der Waals surface area contributed by atoms with Crippen molar-refractivity contribution in [2.75, 3.05) is 25.0 Å². The predicted molar refractivity (Wildman–Crippen MR) is 72.9 cm³/mol. The van der Waals surface area contributed by atoms with Gasteiger partial charge in [-0.2, -0.15) is 0 Å². The van der Waals surface area contributed by atoms with Crippen LogP contribution in [0.25, 0.3) is 0 Å². The summed E-state index contributed by atoms with van der Waals surface area (Å²) < 4.78 is 20.1. The lowest BCUT2D eigenvalue weighted by molar-refractivity contribution is -0.0184. The van der Waals surface area contributed by atoms with E-state index in [9.17, 15) is 4.39 Å². The van der Waals surface area contributed by atoms with Crippen molar-refractivity contribution in [1.82, 2.24) is 4.90 Å². The zero-order valence-electron chi connectivity index (χ0n) is 9.33. The molecule has 2 nitrogen and oxygen atoms in total. The Morgan fingerprint density at radius 3 is 3.06 bits per heavy atom. The minimum absolute atomic E-state index is 0.143. The lowest BCUT2D eigenvalue weighted by Crippen LogP contribution is -2.42. The summed E-state index contributed by atoms with van der Waals surface area (Å²) in [5.41, 5.74) is 0.731. The summed E-state index contributed by atoms with van der Waals surface area (Å²) in [6.07, 6.45) is 0.207. The molecule has 0 amide bonds. The molecule has 1 aliphatic heterocycles. The molecule has 94 valence electrons. The third-order valence-corrected chi connectivity index (χ3v) is 4.01. The molecule has 1 aromatic carbocycles. The average molecular weight is 367 g/mol. The number of hydrogen-bond acceptors (Lipinski definition) is 2. The van der Waals surface area contributed by atoms with E-state index in [0.29, 0.717) is 13.2 Å². The van der Waals surface area contributed by atoms with Crippen molar-refractivity contribution < 1.29 is 9.13 Å². The van der Waals surface area contributed by atoms with Gasteiger partial charge in [0.25, 0.3) is 0 Å². The van der Waals surface area contributed by atoms with E-state index < -0.39 is 0 Å². The van der Waals surface area contributed by atoms with E-state index in [1.165, 1.54) is 6.07 Å². The smallest absolute Gasteiger partial charge is 0.127 e. The lowest BCUT2D eigenvalue weighted by Gasteiger charge is -2.32. The Bertz CT molecular complexity index is 389. The van der Waals surface area contributed by atoms with Gasteiger partial charge >= 0.3 is 0 Å². The molecule has 17 heavy (non-hydrogen) atoms. The van der Waals surface area contributed by atoms with Crippen LogP contribution in [-0.4, -0.2) is 36.0 Å². The molecule has 0 radical (unpaired) electrons. The van der Waals surface area contributed by atoms with Crippen molar-refractivity contribution in [3.05, 3.63) is 34.1 Å². The molecule has 0 bridgehead atoms. The van der Waals surface area contributed by atoms with Gasteiger partial charge in [-0.3, -0.25) is 4.90 Å². The Hall–Kier alpha value is 0.0300. The summed E-state index contributed by atoms with van der Waals surface area (Å²) in [6, 6.07) is 5.06. The number of rotatable bonds is 3. The summed E-state index contributed by atoms with van der Waals surface area (Å²) in [5.74, 6) is -0.143. The molecule has 1 saturated heterocycles. The van der Waals surface area contributed by atoms with E-state index in [1.54, 1.807) is 6.07 Å². The van der Waals surface area contributed by atoms with Crippen molar-refractivity contribution >= 4 is 31.9 Å². The maximum Gasteiger partial charge on any atom is 0.127 e. The van der Waals surface area contributed by atoms with Crippen LogP contribution in [0.5, 0.6) is 0 Å². The molecule has 1 unspecified atom stereocenters. The first kappa shape index (κ1) is 13.5. The summed E-state index contributed by atoms with van der Waals surface area (Å²) >= 11 is 6.79. The third-order valence-electron chi connectivity index (χ3n) is 2.80. The quantitative estimate of drug-likeness (QED) is 0.762. The molecule has 0 saturated carbocycles. The summed E-state index contributed by atoms with van der Waals surface area (Å²) in [4.78, 5) is 2.22. The maximum atomic E-state index is 13.6. The van der Waals surface area contributed by atoms with Crippen LogP contribution in [0.3, 0.4) is 0 Å². The molecule has 1 fully saturated rings. The van der Waals surface area contributed by atoms with Crippen LogP contribution < -0.4 is 0 Å². The van der Waals surface area contributed by atoms with E-state index in [2.05, 4.69) is 36.8 Å². The van der Waals surface area contributed by atoms with Gasteiger partial charge < -0.3 is 4.74 Å². The topological polar surface area (TPSA) is 12.5 Å². The van der Waals surface area contributed by atoms with Crippen LogP contribution in [0.4, 0.5) is 4.39 Å². The summed E-state index contributed by atoms with van der Waals surface area (Å²) in [7, 11) is 0. The maximum absolute atomic E-state index is 13.6. The van der Waals surface area contributed by atoms with Gasteiger partial charge in [-0.25, -0.2) is 4.39 Å². The molecule has 0 aromatic heterocycles. The molecule has 1 aromatic rings. The number of benzene rings is 1. The largest absolute Gasteiger partial charge is 0.375 e. The van der Waals surface area contributed by atoms with Gasteiger partial charge in [0.1, 0.15) is 5.82 Å². The second-order valence-electron chi connectivity index (χ2n) is 4.12. The van der Waals surface area contributed by atoms with Gasteiger partial charge in [-0.15, -0.1) is 0 Å². The second kappa shape index (κ2) is 6.27. The number of ether oxygens (including phenoxy) is 1. The highest BCUT2D eigenvalue weighted by Crippen LogP contribution is 2.18. The zero-order valence-corrected chi connectivity index (χ0v) is 12.5. The van der Waals surface area contributed by atoms with E-state index >= 15 is 0 Å². The molecule has 1 atom stereocenters. The van der Waals surface area contributed by atoms with Crippen LogP contribution in [0, 0.1) is 5.82 Å². The highest BCUT2D eigenvalue weighted by molar-refractivity contribution is 9.10. The Kier molecular flexibility index (Phi) is 4.97. The Balaban J connectivity index is 2.02. The lowest BCUT2D eigenvalue weighted by atomic mass is 10.2. The minimum Gasteiger partial charge on any atom is -0.375 e. The standard InChI is InChI=1S/C12H14Br2FNO/c13-6-11-8-16(3-4-17-11)7-9-5-10(14)1-2-12(9)15/h1-2,5,11H,3-4,6-8H2. The van der Waals surface area contributed by atoms with Gasteiger partial charge in [0.2, 0.25) is 0 Å². The molecule has 0 aliphatic carbocycles. The molecule has 5 heteroatoms. The molecule has 1 aliphatic rings. The van der Waals surface area contributed by atoms with E-state index in [4.69, 9.17) is 4.74 Å². The van der Waals surface area contributed by atoms with Crippen molar-refractivity contribution in [3.63, 3.8) is 0 Å². The van der Waals surface area contributed by atoms with E-state index in [1.807, 2.05) is 6.07 Å². The van der Waals surface area contributed by atoms with Crippen molar-refractivity contribution in [2.45, 2.75) is 12.6 Å². The molecule has 0 N–H and O–H groups in total. The number of nitrogens with zero attached hydrogens (tertiary/aromatic N) is 1. The number of alkyl halides is 1. The highest BCUT2D eigenvalue weighted by atomic mass is 79.9. The van der Waals surface area contributed by atoms with Gasteiger partial charge in [0.15, 0.2) is 0 Å². The first-order chi connectivity index (χ1) is 8.19. The fourth-order valence-corrected chi connectivity index (χ4v) is 2.72. The van der Waals surface area contributed by atoms with Gasteiger partial charge in [-0.05, 0) is 18.2 Å². The average Bonchev–Trinajstić information content (AvgIpc) is 2.34. The molecule has 2 rings (SSSR count). The van der Waals surface area contributed by atoms with Crippen molar-refractivity contribution in [3.8, 4) is 0 Å². The van der Waals surface area contributed by atoms with E-state index in [0.717, 1.165) is 28.5 Å². The first-order valence-corrected chi connectivity index (χ1v) is 7.44. The number of hydrogen-bond donors (Lipinski definition) is 0. The SMILES string of the molecule is Fc1ccc(Br)cc1CN1CCOC(CBr)C1. The number of halogens is 3. The normalized spacial score (nSPS) is 21.7. The summed E-state index contributed by atoms with van der Waals surface area (Å²) in [6.45, 7) is 3.05. The third kappa shape index (κ3) is 3.74. The monoisotopic (exact) mass is 365 g/mol. The van der Waals surface area contributed by atoms with E-state index in [-0.39, 0.29) is 11.9 Å². The van der Waals surface area contributed by atoms with Crippen LogP contribution >= 0.6 is 31.9 Å². The van der Waals surface area contributed by atoms with Crippen LogP contribution in [-0.2, 0) is 11.3 Å². The fraction of sp³-hybridized carbons (Fsp3) is 0.500. The highest BCUT2D eigenvalue weighted by Gasteiger charge is 2.20. The van der Waals surface area contributed by atoms with Gasteiger partial charge in [-0.1, -0.05) is 31.9 Å². The zero-order chi connectivity index (χ0) is 12.3.